The third-order valence-electron chi connectivity index (χ3n) is 3.53. The Hall–Kier alpha value is -1.66. The van der Waals surface area contributed by atoms with Crippen molar-refractivity contribution < 1.29 is 19.1 Å². The van der Waals surface area contributed by atoms with E-state index in [1.54, 1.807) is 0 Å². The second kappa shape index (κ2) is 6.87. The van der Waals surface area contributed by atoms with Crippen LogP contribution in [0, 0.1) is 11.7 Å². The summed E-state index contributed by atoms with van der Waals surface area (Å²) < 4.78 is 13.6. The van der Waals surface area contributed by atoms with Crippen molar-refractivity contribution in [1.82, 2.24) is 4.90 Å². The highest BCUT2D eigenvalue weighted by Gasteiger charge is 2.27. The molecule has 1 aliphatic heterocycles. The van der Waals surface area contributed by atoms with Crippen LogP contribution >= 0.6 is 11.6 Å². The highest BCUT2D eigenvalue weighted by molar-refractivity contribution is 6.39. The molecule has 1 aliphatic rings. The Bertz CT molecular complexity index is 545. The molecule has 1 heterocycles. The smallest absolute Gasteiger partial charge is 0.313 e. The largest absolute Gasteiger partial charge is 0.396 e. The number of rotatable bonds is 2. The number of piperidine rings is 1. The van der Waals surface area contributed by atoms with E-state index in [0.29, 0.717) is 25.9 Å². The quantitative estimate of drug-likeness (QED) is 0.816. The van der Waals surface area contributed by atoms with Gasteiger partial charge in [-0.25, -0.2) is 4.39 Å². The van der Waals surface area contributed by atoms with Gasteiger partial charge >= 0.3 is 11.8 Å². The van der Waals surface area contributed by atoms with Gasteiger partial charge in [-0.1, -0.05) is 11.6 Å². The SMILES string of the molecule is O=C(Nc1ccc(Cl)cc1F)C(=O)N1CCC(CO)CC1. The zero-order valence-electron chi connectivity index (χ0n) is 11.3. The van der Waals surface area contributed by atoms with Crippen LogP contribution in [0.5, 0.6) is 0 Å². The standard InChI is InChI=1S/C14H16ClFN2O3/c15-10-1-2-12(11(16)7-10)17-13(20)14(21)18-5-3-9(8-19)4-6-18/h1-2,7,9,19H,3-6,8H2,(H,17,20). The predicted molar refractivity (Wildman–Crippen MR) is 76.4 cm³/mol. The van der Waals surface area contributed by atoms with Crippen LogP contribution in [0.25, 0.3) is 0 Å². The first-order valence-electron chi connectivity index (χ1n) is 6.67. The van der Waals surface area contributed by atoms with Gasteiger partial charge in [-0.05, 0) is 37.0 Å². The van der Waals surface area contributed by atoms with Crippen LogP contribution in [0.15, 0.2) is 18.2 Å². The molecule has 1 saturated heterocycles. The lowest BCUT2D eigenvalue weighted by molar-refractivity contribution is -0.144. The molecule has 2 rings (SSSR count). The highest BCUT2D eigenvalue weighted by atomic mass is 35.5. The van der Waals surface area contributed by atoms with Crippen molar-refractivity contribution in [3.63, 3.8) is 0 Å². The van der Waals surface area contributed by atoms with Gasteiger partial charge in [-0.3, -0.25) is 9.59 Å². The lowest BCUT2D eigenvalue weighted by Crippen LogP contribution is -2.44. The van der Waals surface area contributed by atoms with E-state index in [-0.39, 0.29) is 23.2 Å². The van der Waals surface area contributed by atoms with E-state index in [1.165, 1.54) is 17.0 Å². The zero-order chi connectivity index (χ0) is 15.4. The van der Waals surface area contributed by atoms with Crippen LogP contribution in [0.1, 0.15) is 12.8 Å². The normalized spacial score (nSPS) is 15.9. The maximum absolute atomic E-state index is 13.6. The lowest BCUT2D eigenvalue weighted by Gasteiger charge is -2.30. The van der Waals surface area contributed by atoms with Gasteiger partial charge in [-0.15, -0.1) is 0 Å². The Morgan fingerprint density at radius 3 is 2.62 bits per heavy atom. The van der Waals surface area contributed by atoms with Gasteiger partial charge in [0.2, 0.25) is 0 Å². The maximum atomic E-state index is 13.6. The number of hydrogen-bond acceptors (Lipinski definition) is 3. The van der Waals surface area contributed by atoms with Crippen LogP contribution < -0.4 is 5.32 Å². The van der Waals surface area contributed by atoms with Crippen molar-refractivity contribution in [3.8, 4) is 0 Å². The number of amides is 2. The molecule has 0 atom stereocenters. The first-order valence-corrected chi connectivity index (χ1v) is 7.05. The highest BCUT2D eigenvalue weighted by Crippen LogP contribution is 2.20. The molecule has 2 N–H and O–H groups in total. The Labute approximate surface area is 126 Å². The van der Waals surface area contributed by atoms with E-state index in [2.05, 4.69) is 5.32 Å². The van der Waals surface area contributed by atoms with Crippen LogP contribution in [-0.2, 0) is 9.59 Å². The lowest BCUT2D eigenvalue weighted by atomic mass is 9.98. The first kappa shape index (κ1) is 15.7. The molecule has 5 nitrogen and oxygen atoms in total. The number of aliphatic hydroxyl groups excluding tert-OH is 1. The number of hydrogen-bond donors (Lipinski definition) is 2. The number of carbonyl (C=O) groups is 2. The Morgan fingerprint density at radius 2 is 2.05 bits per heavy atom. The van der Waals surface area contributed by atoms with Gasteiger partial charge in [0, 0.05) is 24.7 Å². The van der Waals surface area contributed by atoms with Gasteiger partial charge < -0.3 is 15.3 Å². The monoisotopic (exact) mass is 314 g/mol. The van der Waals surface area contributed by atoms with Crippen molar-refractivity contribution in [3.05, 3.63) is 29.0 Å². The third kappa shape index (κ3) is 3.92. The Kier molecular flexibility index (Phi) is 5.14. The maximum Gasteiger partial charge on any atom is 0.313 e. The molecule has 0 saturated carbocycles. The van der Waals surface area contributed by atoms with E-state index >= 15 is 0 Å². The molecule has 0 spiro atoms. The third-order valence-corrected chi connectivity index (χ3v) is 3.77. The van der Waals surface area contributed by atoms with Crippen LogP contribution in [0.2, 0.25) is 5.02 Å². The fourth-order valence-electron chi connectivity index (χ4n) is 2.23. The number of likely N-dealkylation sites (tertiary alicyclic amines) is 1. The number of halogens is 2. The molecular formula is C14H16ClFN2O3. The van der Waals surface area contributed by atoms with E-state index < -0.39 is 17.6 Å². The summed E-state index contributed by atoms with van der Waals surface area (Å²) in [5.41, 5.74) is -0.0806. The number of nitrogens with one attached hydrogen (secondary N) is 1. The van der Waals surface area contributed by atoms with E-state index in [0.717, 1.165) is 6.07 Å². The fraction of sp³-hybridized carbons (Fsp3) is 0.429. The molecule has 114 valence electrons. The summed E-state index contributed by atoms with van der Waals surface area (Å²) in [5.74, 6) is -2.09. The van der Waals surface area contributed by atoms with Gasteiger partial charge in [0.15, 0.2) is 0 Å². The summed E-state index contributed by atoms with van der Waals surface area (Å²) in [6, 6.07) is 3.80. The molecule has 0 bridgehead atoms. The number of anilines is 1. The van der Waals surface area contributed by atoms with Crippen LogP contribution in [0.3, 0.4) is 0 Å². The summed E-state index contributed by atoms with van der Waals surface area (Å²) in [6.07, 6.45) is 1.32. The molecule has 0 unspecified atom stereocenters. The first-order chi connectivity index (χ1) is 10.0. The minimum atomic E-state index is -0.876. The molecule has 0 aromatic heterocycles. The minimum absolute atomic E-state index is 0.0806. The molecule has 0 radical (unpaired) electrons. The number of benzene rings is 1. The van der Waals surface area contributed by atoms with E-state index in [1.807, 2.05) is 0 Å². The zero-order valence-corrected chi connectivity index (χ0v) is 12.1. The summed E-state index contributed by atoms with van der Waals surface area (Å²) in [5, 5.41) is 11.5. The molecule has 1 aromatic rings. The van der Waals surface area contributed by atoms with Gasteiger partial charge in [0.1, 0.15) is 5.82 Å². The topological polar surface area (TPSA) is 69.6 Å². The summed E-state index contributed by atoms with van der Waals surface area (Å²) in [4.78, 5) is 25.2. The molecule has 21 heavy (non-hydrogen) atoms. The average Bonchev–Trinajstić information content (AvgIpc) is 2.49. The van der Waals surface area contributed by atoms with E-state index in [9.17, 15) is 14.0 Å². The second-order valence-corrected chi connectivity index (χ2v) is 5.43. The van der Waals surface area contributed by atoms with Crippen molar-refractivity contribution in [2.24, 2.45) is 5.92 Å². The van der Waals surface area contributed by atoms with Crippen molar-refractivity contribution in [2.75, 3.05) is 25.0 Å². The predicted octanol–water partition coefficient (Wildman–Crippen LogP) is 1.65. The number of aliphatic hydroxyl groups is 1. The number of carbonyl (C=O) groups excluding carboxylic acids is 2. The van der Waals surface area contributed by atoms with Gasteiger partial charge in [0.05, 0.1) is 5.69 Å². The van der Waals surface area contributed by atoms with Crippen molar-refractivity contribution in [1.29, 1.82) is 0 Å². The Morgan fingerprint density at radius 1 is 1.38 bits per heavy atom. The fourth-order valence-corrected chi connectivity index (χ4v) is 2.39. The van der Waals surface area contributed by atoms with Gasteiger partial charge in [0.25, 0.3) is 0 Å². The van der Waals surface area contributed by atoms with Crippen LogP contribution in [0.4, 0.5) is 10.1 Å². The summed E-state index contributed by atoms with van der Waals surface area (Å²) in [7, 11) is 0. The Balaban J connectivity index is 1.95. The minimum Gasteiger partial charge on any atom is -0.396 e. The summed E-state index contributed by atoms with van der Waals surface area (Å²) >= 11 is 5.62. The summed E-state index contributed by atoms with van der Waals surface area (Å²) in [6.45, 7) is 0.922. The van der Waals surface area contributed by atoms with Crippen LogP contribution in [-0.4, -0.2) is 41.5 Å². The van der Waals surface area contributed by atoms with Crippen molar-refractivity contribution in [2.45, 2.75) is 12.8 Å². The molecule has 1 aromatic carbocycles. The molecule has 2 amide bonds. The van der Waals surface area contributed by atoms with Gasteiger partial charge in [-0.2, -0.15) is 0 Å². The molecule has 0 aliphatic carbocycles. The molecule has 7 heteroatoms. The molecular weight excluding hydrogens is 299 g/mol. The molecule has 1 fully saturated rings. The van der Waals surface area contributed by atoms with Crippen molar-refractivity contribution >= 4 is 29.1 Å². The van der Waals surface area contributed by atoms with E-state index in [4.69, 9.17) is 16.7 Å². The number of nitrogens with zero attached hydrogens (tertiary/aromatic N) is 1. The second-order valence-electron chi connectivity index (χ2n) is 5.00. The average molecular weight is 315 g/mol.